The molecule has 0 aliphatic rings. The quantitative estimate of drug-likeness (QED) is 0.583. The van der Waals surface area contributed by atoms with Crippen molar-refractivity contribution in [2.24, 2.45) is 7.05 Å². The van der Waals surface area contributed by atoms with Crippen LogP contribution in [-0.2, 0) is 16.6 Å². The van der Waals surface area contributed by atoms with Crippen molar-refractivity contribution < 1.29 is 23.8 Å². The van der Waals surface area contributed by atoms with Gasteiger partial charge in [0.15, 0.2) is 18.1 Å². The molecule has 162 valence electrons. The van der Waals surface area contributed by atoms with Crippen LogP contribution in [0.3, 0.4) is 0 Å². The number of hydrogen-bond acceptors (Lipinski definition) is 6. The molecule has 0 saturated heterocycles. The number of methoxy groups -OCH3 is 2. The van der Waals surface area contributed by atoms with Crippen molar-refractivity contribution in [3.63, 3.8) is 0 Å². The Bertz CT molecular complexity index is 1160. The Hall–Kier alpha value is -4.01. The highest BCUT2D eigenvalue weighted by atomic mass is 16.5. The molecule has 0 fully saturated rings. The van der Waals surface area contributed by atoms with E-state index in [0.29, 0.717) is 17.1 Å². The Kier molecular flexibility index (Phi) is 6.44. The predicted octanol–water partition coefficient (Wildman–Crippen LogP) is 2.30. The summed E-state index contributed by atoms with van der Waals surface area (Å²) in [6, 6.07) is 13.8. The van der Waals surface area contributed by atoms with E-state index in [1.807, 2.05) is 18.2 Å². The molecule has 0 radical (unpaired) electrons. The summed E-state index contributed by atoms with van der Waals surface area (Å²) >= 11 is 0. The van der Waals surface area contributed by atoms with E-state index in [1.165, 1.54) is 25.0 Å². The van der Waals surface area contributed by atoms with E-state index < -0.39 is 18.5 Å². The molecule has 0 spiro atoms. The average molecular weight is 425 g/mol. The highest BCUT2D eigenvalue weighted by Gasteiger charge is 2.21. The van der Waals surface area contributed by atoms with Gasteiger partial charge in [-0.15, -0.1) is 0 Å². The van der Waals surface area contributed by atoms with Gasteiger partial charge in [-0.2, -0.15) is 0 Å². The number of carbonyl (C=O) groups excluding carboxylic acids is 2. The van der Waals surface area contributed by atoms with E-state index in [2.05, 4.69) is 5.32 Å². The highest BCUT2D eigenvalue weighted by molar-refractivity contribution is 5.97. The molecule has 0 atom stereocenters. The molecule has 3 rings (SSSR count). The summed E-state index contributed by atoms with van der Waals surface area (Å²) in [7, 11) is 4.57. The summed E-state index contributed by atoms with van der Waals surface area (Å²) in [5.74, 6) is -0.818. The van der Waals surface area contributed by atoms with E-state index in [9.17, 15) is 14.4 Å². The first-order valence-corrected chi connectivity index (χ1v) is 9.41. The van der Waals surface area contributed by atoms with Gasteiger partial charge in [-0.3, -0.25) is 14.3 Å². The lowest BCUT2D eigenvalue weighted by molar-refractivity contribution is -0.119. The van der Waals surface area contributed by atoms with Gasteiger partial charge in [0.25, 0.3) is 11.5 Å². The Balaban J connectivity index is 1.74. The second-order valence-electron chi connectivity index (χ2n) is 6.60. The number of nitrogens with zero attached hydrogens (tertiary/aromatic N) is 2. The zero-order chi connectivity index (χ0) is 22.5. The Morgan fingerprint density at radius 2 is 1.71 bits per heavy atom. The molecule has 0 aliphatic heterocycles. The minimum absolute atomic E-state index is 0.117. The second kappa shape index (κ2) is 9.21. The third-order valence-electron chi connectivity index (χ3n) is 4.78. The maximum absolute atomic E-state index is 12.8. The standard InChI is InChI=1S/C22H23N3O6/c1-14-19(21(27)25(24(14)2)15-9-6-5-7-10-15)23-18(26)13-31-22(28)16-11-8-12-17(29-3)20(16)30-4/h5-12H,13H2,1-4H3,(H,23,26). The summed E-state index contributed by atoms with van der Waals surface area (Å²) < 4.78 is 18.5. The Morgan fingerprint density at radius 3 is 2.35 bits per heavy atom. The van der Waals surface area contributed by atoms with Gasteiger partial charge >= 0.3 is 5.97 Å². The molecule has 31 heavy (non-hydrogen) atoms. The molecule has 3 aromatic rings. The van der Waals surface area contributed by atoms with Crippen LogP contribution in [0.2, 0.25) is 0 Å². The highest BCUT2D eigenvalue weighted by Crippen LogP contribution is 2.31. The number of ether oxygens (including phenoxy) is 3. The predicted molar refractivity (Wildman–Crippen MR) is 114 cm³/mol. The van der Waals surface area contributed by atoms with Crippen LogP contribution in [0.25, 0.3) is 5.69 Å². The van der Waals surface area contributed by atoms with Crippen LogP contribution in [0.4, 0.5) is 5.69 Å². The SMILES string of the molecule is COc1cccc(C(=O)OCC(=O)Nc2c(C)n(C)n(-c3ccccc3)c2=O)c1OC. The lowest BCUT2D eigenvalue weighted by atomic mass is 10.2. The van der Waals surface area contributed by atoms with Crippen LogP contribution in [-0.4, -0.2) is 42.1 Å². The van der Waals surface area contributed by atoms with Crippen LogP contribution in [0, 0.1) is 6.92 Å². The van der Waals surface area contributed by atoms with Crippen LogP contribution in [0.5, 0.6) is 11.5 Å². The van der Waals surface area contributed by atoms with Gasteiger partial charge in [-0.25, -0.2) is 9.48 Å². The topological polar surface area (TPSA) is 101 Å². The molecule has 1 heterocycles. The molecule has 1 N–H and O–H groups in total. The fourth-order valence-electron chi connectivity index (χ4n) is 3.14. The number of nitrogens with one attached hydrogen (secondary N) is 1. The van der Waals surface area contributed by atoms with Gasteiger partial charge in [0, 0.05) is 7.05 Å². The smallest absolute Gasteiger partial charge is 0.342 e. The van der Waals surface area contributed by atoms with E-state index in [-0.39, 0.29) is 22.6 Å². The molecule has 1 amide bonds. The third kappa shape index (κ3) is 4.30. The molecular formula is C22H23N3O6. The van der Waals surface area contributed by atoms with Crippen LogP contribution in [0.1, 0.15) is 16.1 Å². The third-order valence-corrected chi connectivity index (χ3v) is 4.78. The Labute approximate surface area is 178 Å². The van der Waals surface area contributed by atoms with Crippen molar-refractivity contribution in [3.05, 3.63) is 70.1 Å². The van der Waals surface area contributed by atoms with Gasteiger partial charge in [0.1, 0.15) is 11.3 Å². The van der Waals surface area contributed by atoms with Crippen molar-refractivity contribution >= 4 is 17.6 Å². The zero-order valence-corrected chi connectivity index (χ0v) is 17.7. The number of esters is 1. The van der Waals surface area contributed by atoms with Crippen molar-refractivity contribution in [3.8, 4) is 17.2 Å². The van der Waals surface area contributed by atoms with E-state index in [4.69, 9.17) is 14.2 Å². The van der Waals surface area contributed by atoms with Crippen LogP contribution >= 0.6 is 0 Å². The molecule has 0 bridgehead atoms. The molecule has 2 aromatic carbocycles. The lowest BCUT2D eigenvalue weighted by Crippen LogP contribution is -2.26. The first-order chi connectivity index (χ1) is 14.9. The first-order valence-electron chi connectivity index (χ1n) is 9.41. The van der Waals surface area contributed by atoms with E-state index in [1.54, 1.807) is 42.9 Å². The summed E-state index contributed by atoms with van der Waals surface area (Å²) in [5.41, 5.74) is 1.07. The monoisotopic (exact) mass is 425 g/mol. The second-order valence-corrected chi connectivity index (χ2v) is 6.60. The number of anilines is 1. The number of aromatic nitrogens is 2. The van der Waals surface area contributed by atoms with Crippen molar-refractivity contribution in [1.82, 2.24) is 9.36 Å². The minimum Gasteiger partial charge on any atom is -0.493 e. The van der Waals surface area contributed by atoms with E-state index >= 15 is 0 Å². The van der Waals surface area contributed by atoms with Crippen molar-refractivity contribution in [2.45, 2.75) is 6.92 Å². The number of amides is 1. The van der Waals surface area contributed by atoms with Crippen molar-refractivity contribution in [2.75, 3.05) is 26.1 Å². The maximum atomic E-state index is 12.8. The molecular weight excluding hydrogens is 402 g/mol. The zero-order valence-electron chi connectivity index (χ0n) is 17.7. The summed E-state index contributed by atoms with van der Waals surface area (Å²) in [6.45, 7) is 1.14. The van der Waals surface area contributed by atoms with Gasteiger partial charge in [-0.1, -0.05) is 24.3 Å². The number of hydrogen-bond donors (Lipinski definition) is 1. The normalized spacial score (nSPS) is 10.5. The summed E-state index contributed by atoms with van der Waals surface area (Å²) in [6.07, 6.45) is 0. The molecule has 0 aliphatic carbocycles. The van der Waals surface area contributed by atoms with Crippen molar-refractivity contribution in [1.29, 1.82) is 0 Å². The van der Waals surface area contributed by atoms with E-state index in [0.717, 1.165) is 0 Å². The lowest BCUT2D eigenvalue weighted by Gasteiger charge is -2.12. The largest absolute Gasteiger partial charge is 0.493 e. The van der Waals surface area contributed by atoms with Crippen LogP contribution < -0.4 is 20.3 Å². The van der Waals surface area contributed by atoms with Gasteiger partial charge < -0.3 is 19.5 Å². The number of benzene rings is 2. The summed E-state index contributed by atoms with van der Waals surface area (Å²) in [4.78, 5) is 37.7. The number of para-hydroxylation sites is 2. The molecule has 9 nitrogen and oxygen atoms in total. The first kappa shape index (κ1) is 21.7. The minimum atomic E-state index is -0.752. The molecule has 0 unspecified atom stereocenters. The maximum Gasteiger partial charge on any atom is 0.342 e. The van der Waals surface area contributed by atoms with Gasteiger partial charge in [-0.05, 0) is 31.2 Å². The number of rotatable bonds is 7. The fourth-order valence-corrected chi connectivity index (χ4v) is 3.14. The van der Waals surface area contributed by atoms with Crippen LogP contribution in [0.15, 0.2) is 53.3 Å². The fraction of sp³-hybridized carbons (Fsp3) is 0.227. The average Bonchev–Trinajstić information content (AvgIpc) is 3.00. The Morgan fingerprint density at radius 1 is 1.00 bits per heavy atom. The molecule has 9 heteroatoms. The molecule has 1 aromatic heterocycles. The van der Waals surface area contributed by atoms with Gasteiger partial charge in [0.05, 0.1) is 25.6 Å². The summed E-state index contributed by atoms with van der Waals surface area (Å²) in [5, 5.41) is 2.54. The molecule has 0 saturated carbocycles. The number of carbonyl (C=O) groups is 2. The van der Waals surface area contributed by atoms with Gasteiger partial charge in [0.2, 0.25) is 0 Å².